The number of anilines is 1. The van der Waals surface area contributed by atoms with Crippen molar-refractivity contribution in [3.63, 3.8) is 0 Å². The normalized spacial score (nSPS) is 10.8. The van der Waals surface area contributed by atoms with Crippen molar-refractivity contribution in [2.24, 2.45) is 10.8 Å². The highest BCUT2D eigenvalue weighted by Crippen LogP contribution is 2.05. The molecule has 18 heavy (non-hydrogen) atoms. The predicted molar refractivity (Wildman–Crippen MR) is 77.8 cm³/mol. The summed E-state index contributed by atoms with van der Waals surface area (Å²) in [4.78, 5) is 11.7. The molecule has 0 unspecified atom stereocenters. The Morgan fingerprint density at radius 2 is 2.06 bits per heavy atom. The zero-order chi connectivity index (χ0) is 13.4. The van der Waals surface area contributed by atoms with Crippen LogP contribution in [0.1, 0.15) is 6.42 Å². The summed E-state index contributed by atoms with van der Waals surface area (Å²) in [6.45, 7) is 0. The summed E-state index contributed by atoms with van der Waals surface area (Å²) >= 11 is 10.3. The number of benzene rings is 1. The number of nitrogens with one attached hydrogen (secondary N) is 2. The van der Waals surface area contributed by atoms with Crippen LogP contribution >= 0.6 is 23.8 Å². The Morgan fingerprint density at radius 1 is 1.39 bits per heavy atom. The summed E-state index contributed by atoms with van der Waals surface area (Å²) in [5.74, 6) is -0.0805. The van der Waals surface area contributed by atoms with E-state index in [0.29, 0.717) is 5.71 Å². The third kappa shape index (κ3) is 5.60. The van der Waals surface area contributed by atoms with E-state index in [1.807, 2.05) is 18.2 Å². The molecule has 0 heterocycles. The van der Waals surface area contributed by atoms with E-state index in [0.717, 1.165) is 5.69 Å². The van der Waals surface area contributed by atoms with Crippen LogP contribution in [0.5, 0.6) is 0 Å². The van der Waals surface area contributed by atoms with Crippen molar-refractivity contribution in [3.05, 3.63) is 30.3 Å². The molecular formula is C11H13ClN4OS. The zero-order valence-corrected chi connectivity index (χ0v) is 11.1. The van der Waals surface area contributed by atoms with Crippen LogP contribution in [0.15, 0.2) is 35.4 Å². The van der Waals surface area contributed by atoms with Crippen LogP contribution in [0.4, 0.5) is 5.69 Å². The Labute approximate surface area is 115 Å². The lowest BCUT2D eigenvalue weighted by Gasteiger charge is -2.06. The minimum absolute atomic E-state index is 0.0288. The van der Waals surface area contributed by atoms with E-state index < -0.39 is 0 Å². The average Bonchev–Trinajstić information content (AvgIpc) is 2.35. The number of hydrazone groups is 1. The first-order valence-corrected chi connectivity index (χ1v) is 6.08. The van der Waals surface area contributed by atoms with Gasteiger partial charge in [0.15, 0.2) is 5.11 Å². The first-order valence-electron chi connectivity index (χ1n) is 5.13. The van der Waals surface area contributed by atoms with Gasteiger partial charge in [-0.25, -0.2) is 0 Å². The highest BCUT2D eigenvalue weighted by atomic mass is 35.5. The van der Waals surface area contributed by atoms with Gasteiger partial charge < -0.3 is 11.1 Å². The molecule has 0 radical (unpaired) electrons. The van der Waals surface area contributed by atoms with Crippen molar-refractivity contribution in [3.8, 4) is 0 Å². The second-order valence-electron chi connectivity index (χ2n) is 3.38. The molecule has 0 aromatic heterocycles. The van der Waals surface area contributed by atoms with E-state index in [4.69, 9.17) is 17.3 Å². The fraction of sp³-hybridized carbons (Fsp3) is 0.182. The highest BCUT2D eigenvalue weighted by Gasteiger charge is 2.07. The van der Waals surface area contributed by atoms with Crippen LogP contribution in [0.2, 0.25) is 0 Å². The van der Waals surface area contributed by atoms with Crippen molar-refractivity contribution in [1.29, 1.82) is 0 Å². The summed E-state index contributed by atoms with van der Waals surface area (Å²) in [6, 6.07) is 9.12. The summed E-state index contributed by atoms with van der Waals surface area (Å²) < 4.78 is 0. The van der Waals surface area contributed by atoms with E-state index in [1.165, 1.54) is 0 Å². The van der Waals surface area contributed by atoms with Crippen molar-refractivity contribution < 1.29 is 4.79 Å². The monoisotopic (exact) mass is 284 g/mol. The lowest BCUT2D eigenvalue weighted by molar-refractivity contribution is -0.115. The van der Waals surface area contributed by atoms with Gasteiger partial charge in [0.25, 0.3) is 0 Å². The molecule has 4 N–H and O–H groups in total. The summed E-state index contributed by atoms with van der Waals surface area (Å²) in [5, 5.41) is 6.58. The van der Waals surface area contributed by atoms with Crippen molar-refractivity contribution >= 4 is 46.2 Å². The number of rotatable bonds is 5. The van der Waals surface area contributed by atoms with E-state index in [9.17, 15) is 4.79 Å². The molecule has 0 saturated heterocycles. The van der Waals surface area contributed by atoms with Crippen LogP contribution in [0, 0.1) is 0 Å². The molecule has 1 aromatic rings. The van der Waals surface area contributed by atoms with Gasteiger partial charge >= 0.3 is 0 Å². The molecule has 0 aliphatic rings. The number of nitrogens with zero attached hydrogens (tertiary/aromatic N) is 1. The Hall–Kier alpha value is -1.66. The summed E-state index contributed by atoms with van der Waals surface area (Å²) in [7, 11) is 0. The van der Waals surface area contributed by atoms with Crippen molar-refractivity contribution in [1.82, 2.24) is 5.43 Å². The van der Waals surface area contributed by atoms with Crippen LogP contribution in [-0.4, -0.2) is 22.6 Å². The highest BCUT2D eigenvalue weighted by molar-refractivity contribution is 7.80. The van der Waals surface area contributed by atoms with Crippen molar-refractivity contribution in [2.45, 2.75) is 6.42 Å². The second kappa shape index (κ2) is 7.62. The van der Waals surface area contributed by atoms with E-state index in [-0.39, 0.29) is 23.3 Å². The van der Waals surface area contributed by atoms with E-state index >= 15 is 0 Å². The molecule has 1 aromatic carbocycles. The van der Waals surface area contributed by atoms with Crippen LogP contribution < -0.4 is 16.5 Å². The smallest absolute Gasteiger partial charge is 0.230 e. The number of amides is 1. The number of halogens is 1. The first-order chi connectivity index (χ1) is 8.61. The maximum Gasteiger partial charge on any atom is 0.230 e. The third-order valence-corrected chi connectivity index (χ3v) is 2.30. The SMILES string of the molecule is NC(=S)NN=C(CCl)CC(=O)Nc1ccccc1. The van der Waals surface area contributed by atoms with E-state index in [1.54, 1.807) is 12.1 Å². The quantitative estimate of drug-likeness (QED) is 0.331. The molecule has 0 atom stereocenters. The molecule has 0 aliphatic carbocycles. The number of carbonyl (C=O) groups is 1. The lowest BCUT2D eigenvalue weighted by Crippen LogP contribution is -2.27. The number of thiocarbonyl (C=S) groups is 1. The van der Waals surface area contributed by atoms with Gasteiger partial charge in [-0.05, 0) is 24.4 Å². The first kappa shape index (κ1) is 14.4. The van der Waals surface area contributed by atoms with Crippen LogP contribution in [0.3, 0.4) is 0 Å². The molecule has 0 aliphatic heterocycles. The number of hydrogen-bond donors (Lipinski definition) is 3. The largest absolute Gasteiger partial charge is 0.375 e. The summed E-state index contributed by atoms with van der Waals surface area (Å²) in [5.41, 5.74) is 8.80. The summed E-state index contributed by atoms with van der Waals surface area (Å²) in [6.07, 6.45) is 0.0774. The molecule has 1 amide bonds. The van der Waals surface area contributed by atoms with Gasteiger partial charge in [0.1, 0.15) is 0 Å². The number of carbonyl (C=O) groups excluding carboxylic acids is 1. The predicted octanol–water partition coefficient (Wildman–Crippen LogP) is 1.44. The van der Waals surface area contributed by atoms with Gasteiger partial charge in [-0.15, -0.1) is 11.6 Å². The maximum absolute atomic E-state index is 11.7. The van der Waals surface area contributed by atoms with Gasteiger partial charge in [-0.2, -0.15) is 5.10 Å². The van der Waals surface area contributed by atoms with Gasteiger partial charge in [-0.3, -0.25) is 10.2 Å². The fourth-order valence-corrected chi connectivity index (χ4v) is 1.36. The second-order valence-corrected chi connectivity index (χ2v) is 4.09. The fourth-order valence-electron chi connectivity index (χ4n) is 1.16. The van der Waals surface area contributed by atoms with Gasteiger partial charge in [0.05, 0.1) is 18.0 Å². The standard InChI is InChI=1S/C11H13ClN4OS/c12-7-9(15-16-11(13)18)6-10(17)14-8-4-2-1-3-5-8/h1-5H,6-7H2,(H,14,17)(H3,13,16,18). The molecule has 7 heteroatoms. The third-order valence-electron chi connectivity index (χ3n) is 1.90. The number of nitrogens with two attached hydrogens (primary N) is 1. The number of para-hydroxylation sites is 1. The molecule has 96 valence electrons. The van der Waals surface area contributed by atoms with Gasteiger partial charge in [0.2, 0.25) is 5.91 Å². The number of hydrogen-bond acceptors (Lipinski definition) is 3. The Morgan fingerprint density at radius 3 is 2.61 bits per heavy atom. The topological polar surface area (TPSA) is 79.5 Å². The Kier molecular flexibility index (Phi) is 6.10. The lowest BCUT2D eigenvalue weighted by atomic mass is 10.2. The minimum Gasteiger partial charge on any atom is -0.375 e. The Balaban J connectivity index is 2.52. The molecule has 5 nitrogen and oxygen atoms in total. The maximum atomic E-state index is 11.7. The molecule has 1 rings (SSSR count). The molecular weight excluding hydrogens is 272 g/mol. The van der Waals surface area contributed by atoms with E-state index in [2.05, 4.69) is 28.1 Å². The van der Waals surface area contributed by atoms with Gasteiger partial charge in [-0.1, -0.05) is 18.2 Å². The molecule has 0 saturated carbocycles. The van der Waals surface area contributed by atoms with Crippen LogP contribution in [0.25, 0.3) is 0 Å². The van der Waals surface area contributed by atoms with Gasteiger partial charge in [0, 0.05) is 5.69 Å². The molecule has 0 spiro atoms. The molecule has 0 fully saturated rings. The zero-order valence-electron chi connectivity index (χ0n) is 9.52. The molecule has 0 bridgehead atoms. The average molecular weight is 285 g/mol. The Bertz CT molecular complexity index is 450. The number of alkyl halides is 1. The van der Waals surface area contributed by atoms with Crippen molar-refractivity contribution in [2.75, 3.05) is 11.2 Å². The van der Waals surface area contributed by atoms with Crippen LogP contribution in [-0.2, 0) is 4.79 Å². The minimum atomic E-state index is -0.203.